The van der Waals surface area contributed by atoms with Crippen molar-refractivity contribution in [3.8, 4) is 5.75 Å². The highest BCUT2D eigenvalue weighted by atomic mass is 16.5. The van der Waals surface area contributed by atoms with Crippen LogP contribution in [-0.2, 0) is 0 Å². The highest BCUT2D eigenvalue weighted by molar-refractivity contribution is 5.29. The molecule has 1 aromatic carbocycles. The van der Waals surface area contributed by atoms with Gasteiger partial charge in [0.1, 0.15) is 5.75 Å². The fourth-order valence-corrected chi connectivity index (χ4v) is 1.91. The molecule has 2 heteroatoms. The van der Waals surface area contributed by atoms with E-state index in [2.05, 4.69) is 71.1 Å². The van der Waals surface area contributed by atoms with E-state index in [0.29, 0.717) is 11.8 Å². The van der Waals surface area contributed by atoms with E-state index in [1.54, 1.807) is 0 Å². The number of ether oxygens (including phenoxy) is 1. The van der Waals surface area contributed by atoms with Crippen LogP contribution in [0.15, 0.2) is 24.3 Å². The van der Waals surface area contributed by atoms with Crippen LogP contribution in [0.5, 0.6) is 5.75 Å². The Balaban J connectivity index is 2.38. The average molecular weight is 277 g/mol. The summed E-state index contributed by atoms with van der Waals surface area (Å²) in [6, 6.07) is 8.54. The molecule has 0 radical (unpaired) electrons. The molecule has 2 nitrogen and oxygen atoms in total. The molecular weight excluding hydrogens is 246 g/mol. The predicted octanol–water partition coefficient (Wildman–Crippen LogP) is 4.60. The largest absolute Gasteiger partial charge is 0.493 e. The zero-order valence-corrected chi connectivity index (χ0v) is 14.0. The standard InChI is InChI=1S/C18H31NO/c1-7-15(3)16-8-10-17(11-9-16)20-13-14(2)12-19-18(4,5)6/h8-11,14-15,19H,7,12-13H2,1-6H3. The Morgan fingerprint density at radius 2 is 1.70 bits per heavy atom. The van der Waals surface area contributed by atoms with Crippen molar-refractivity contribution >= 4 is 0 Å². The van der Waals surface area contributed by atoms with E-state index in [9.17, 15) is 0 Å². The molecule has 0 saturated carbocycles. The van der Waals surface area contributed by atoms with Crippen molar-refractivity contribution in [1.29, 1.82) is 0 Å². The monoisotopic (exact) mass is 277 g/mol. The van der Waals surface area contributed by atoms with Crippen molar-refractivity contribution in [3.05, 3.63) is 29.8 Å². The Labute approximate surface area is 124 Å². The van der Waals surface area contributed by atoms with Crippen LogP contribution >= 0.6 is 0 Å². The van der Waals surface area contributed by atoms with Gasteiger partial charge in [-0.15, -0.1) is 0 Å². The molecule has 2 atom stereocenters. The lowest BCUT2D eigenvalue weighted by molar-refractivity contribution is 0.244. The summed E-state index contributed by atoms with van der Waals surface area (Å²) in [6.07, 6.45) is 1.18. The third-order valence-corrected chi connectivity index (χ3v) is 3.58. The van der Waals surface area contributed by atoms with Crippen LogP contribution in [0.1, 0.15) is 59.4 Å². The molecule has 2 unspecified atom stereocenters. The summed E-state index contributed by atoms with van der Waals surface area (Å²) < 4.78 is 5.86. The van der Waals surface area contributed by atoms with E-state index in [1.165, 1.54) is 12.0 Å². The molecule has 20 heavy (non-hydrogen) atoms. The molecule has 0 aromatic heterocycles. The minimum absolute atomic E-state index is 0.173. The van der Waals surface area contributed by atoms with Crippen molar-refractivity contribution in [1.82, 2.24) is 5.32 Å². The summed E-state index contributed by atoms with van der Waals surface area (Å²) in [5.41, 5.74) is 1.56. The number of hydrogen-bond donors (Lipinski definition) is 1. The first-order chi connectivity index (χ1) is 9.31. The second-order valence-corrected chi connectivity index (χ2v) is 6.93. The maximum Gasteiger partial charge on any atom is 0.119 e. The molecule has 0 heterocycles. The first-order valence-electron chi connectivity index (χ1n) is 7.79. The van der Waals surface area contributed by atoms with Crippen LogP contribution in [0, 0.1) is 5.92 Å². The van der Waals surface area contributed by atoms with E-state index in [-0.39, 0.29) is 5.54 Å². The molecule has 1 N–H and O–H groups in total. The number of hydrogen-bond acceptors (Lipinski definition) is 2. The van der Waals surface area contributed by atoms with Crippen LogP contribution in [0.25, 0.3) is 0 Å². The maximum atomic E-state index is 5.86. The van der Waals surface area contributed by atoms with E-state index in [1.807, 2.05) is 0 Å². The Morgan fingerprint density at radius 1 is 1.10 bits per heavy atom. The van der Waals surface area contributed by atoms with E-state index >= 15 is 0 Å². The van der Waals surface area contributed by atoms with Gasteiger partial charge in [0.05, 0.1) is 6.61 Å². The second kappa shape index (κ2) is 7.68. The number of benzene rings is 1. The molecule has 0 fully saturated rings. The summed E-state index contributed by atoms with van der Waals surface area (Å²) in [7, 11) is 0. The van der Waals surface area contributed by atoms with Gasteiger partial charge in [-0.05, 0) is 50.8 Å². The predicted molar refractivity (Wildman–Crippen MR) is 87.6 cm³/mol. The summed E-state index contributed by atoms with van der Waals surface area (Å²) in [5.74, 6) is 2.10. The van der Waals surface area contributed by atoms with Crippen molar-refractivity contribution in [3.63, 3.8) is 0 Å². The van der Waals surface area contributed by atoms with Gasteiger partial charge in [-0.1, -0.05) is 32.9 Å². The Morgan fingerprint density at radius 3 is 2.20 bits per heavy atom. The number of rotatable bonds is 7. The van der Waals surface area contributed by atoms with Gasteiger partial charge in [0, 0.05) is 18.0 Å². The van der Waals surface area contributed by atoms with Crippen molar-refractivity contribution < 1.29 is 4.74 Å². The first-order valence-corrected chi connectivity index (χ1v) is 7.79. The molecule has 0 amide bonds. The van der Waals surface area contributed by atoms with Gasteiger partial charge in [0.15, 0.2) is 0 Å². The van der Waals surface area contributed by atoms with E-state index in [0.717, 1.165) is 18.9 Å². The maximum absolute atomic E-state index is 5.86. The van der Waals surface area contributed by atoms with Crippen LogP contribution in [-0.4, -0.2) is 18.7 Å². The lowest BCUT2D eigenvalue weighted by atomic mass is 9.99. The third kappa shape index (κ3) is 6.42. The molecule has 0 aliphatic heterocycles. The van der Waals surface area contributed by atoms with Crippen molar-refractivity contribution in [2.24, 2.45) is 5.92 Å². The highest BCUT2D eigenvalue weighted by Crippen LogP contribution is 2.21. The van der Waals surface area contributed by atoms with Crippen molar-refractivity contribution in [2.45, 2.75) is 59.4 Å². The molecular formula is C18H31NO. The van der Waals surface area contributed by atoms with Crippen molar-refractivity contribution in [2.75, 3.05) is 13.2 Å². The van der Waals surface area contributed by atoms with Crippen LogP contribution < -0.4 is 10.1 Å². The van der Waals surface area contributed by atoms with Gasteiger partial charge in [-0.25, -0.2) is 0 Å². The fourth-order valence-electron chi connectivity index (χ4n) is 1.91. The smallest absolute Gasteiger partial charge is 0.119 e. The molecule has 1 rings (SSSR count). The molecule has 0 bridgehead atoms. The van der Waals surface area contributed by atoms with Gasteiger partial charge in [-0.2, -0.15) is 0 Å². The van der Waals surface area contributed by atoms with E-state index < -0.39 is 0 Å². The summed E-state index contributed by atoms with van der Waals surface area (Å²) in [6.45, 7) is 15.0. The van der Waals surface area contributed by atoms with Crippen LogP contribution in [0.4, 0.5) is 0 Å². The summed E-state index contributed by atoms with van der Waals surface area (Å²) in [4.78, 5) is 0. The molecule has 114 valence electrons. The van der Waals surface area contributed by atoms with Gasteiger partial charge >= 0.3 is 0 Å². The SMILES string of the molecule is CCC(C)c1ccc(OCC(C)CNC(C)(C)C)cc1. The minimum atomic E-state index is 0.173. The normalized spacial score (nSPS) is 14.9. The lowest BCUT2D eigenvalue weighted by Gasteiger charge is -2.23. The lowest BCUT2D eigenvalue weighted by Crippen LogP contribution is -2.39. The molecule has 0 saturated heterocycles. The summed E-state index contributed by atoms with van der Waals surface area (Å²) in [5, 5.41) is 3.51. The Kier molecular flexibility index (Phi) is 6.54. The van der Waals surface area contributed by atoms with Crippen LogP contribution in [0.2, 0.25) is 0 Å². The highest BCUT2D eigenvalue weighted by Gasteiger charge is 2.11. The second-order valence-electron chi connectivity index (χ2n) is 6.93. The van der Waals surface area contributed by atoms with Gasteiger partial charge in [0.25, 0.3) is 0 Å². The van der Waals surface area contributed by atoms with E-state index in [4.69, 9.17) is 4.74 Å². The Bertz CT molecular complexity index is 377. The summed E-state index contributed by atoms with van der Waals surface area (Å²) >= 11 is 0. The number of nitrogens with one attached hydrogen (secondary N) is 1. The topological polar surface area (TPSA) is 21.3 Å². The third-order valence-electron chi connectivity index (χ3n) is 3.58. The molecule has 0 spiro atoms. The van der Waals surface area contributed by atoms with Gasteiger partial charge in [0.2, 0.25) is 0 Å². The van der Waals surface area contributed by atoms with Gasteiger partial charge in [-0.3, -0.25) is 0 Å². The van der Waals surface area contributed by atoms with Crippen LogP contribution in [0.3, 0.4) is 0 Å². The van der Waals surface area contributed by atoms with Gasteiger partial charge < -0.3 is 10.1 Å². The zero-order chi connectivity index (χ0) is 15.2. The average Bonchev–Trinajstić information content (AvgIpc) is 2.41. The Hall–Kier alpha value is -1.02. The quantitative estimate of drug-likeness (QED) is 0.786. The molecule has 0 aliphatic rings. The molecule has 1 aromatic rings. The molecule has 0 aliphatic carbocycles. The fraction of sp³-hybridized carbons (Fsp3) is 0.667. The zero-order valence-electron chi connectivity index (χ0n) is 14.0. The minimum Gasteiger partial charge on any atom is -0.493 e. The first kappa shape index (κ1) is 17.0.